The molecule has 12 heavy (non-hydrogen) atoms. The number of nitrogens with zero attached hydrogens (tertiary/aromatic N) is 1. The molecule has 0 amide bonds. The molecule has 0 spiro atoms. The van der Waals surface area contributed by atoms with Crippen LogP contribution in [-0.4, -0.2) is 4.98 Å². The zero-order valence-corrected chi connectivity index (χ0v) is 7.69. The van der Waals surface area contributed by atoms with Gasteiger partial charge in [-0.05, 0) is 17.7 Å². The Morgan fingerprint density at radius 2 is 2.00 bits per heavy atom. The maximum Gasteiger partial charge on any atom is 0.109 e. The fourth-order valence-corrected chi connectivity index (χ4v) is 1.64. The third-order valence-electron chi connectivity index (χ3n) is 1.50. The first-order valence-corrected chi connectivity index (χ1v) is 4.69. The van der Waals surface area contributed by atoms with Crippen molar-refractivity contribution in [1.29, 1.82) is 0 Å². The molecule has 0 unspecified atom stereocenters. The van der Waals surface area contributed by atoms with Crippen LogP contribution in [0.5, 0.6) is 0 Å². The molecule has 0 aliphatic heterocycles. The third kappa shape index (κ3) is 1.49. The molecule has 1 aromatic carbocycles. The molecule has 1 nitrogen and oxygen atoms in total. The van der Waals surface area contributed by atoms with Gasteiger partial charge < -0.3 is 0 Å². The topological polar surface area (TPSA) is 12.9 Å². The zero-order chi connectivity index (χ0) is 8.39. The van der Waals surface area contributed by atoms with Crippen LogP contribution in [-0.2, 0) is 0 Å². The van der Waals surface area contributed by atoms with Crippen molar-refractivity contribution in [2.24, 2.45) is 0 Å². The number of hydrogen-bond acceptors (Lipinski definition) is 2. The third-order valence-corrected chi connectivity index (χ3v) is 2.52. The van der Waals surface area contributed by atoms with E-state index in [0.717, 1.165) is 15.5 Å². The summed E-state index contributed by atoms with van der Waals surface area (Å²) in [5.41, 5.74) is 2.88. The molecule has 1 aromatic heterocycles. The molecule has 2 aromatic rings. The number of halogens is 1. The van der Waals surface area contributed by atoms with E-state index < -0.39 is 0 Å². The summed E-state index contributed by atoms with van der Waals surface area (Å²) in [7, 11) is 0. The summed E-state index contributed by atoms with van der Waals surface area (Å²) in [4.78, 5) is 4.93. The average molecular weight is 195 g/mol. The molecular formula is C9H5ClNS. The maximum absolute atomic E-state index is 5.75. The van der Waals surface area contributed by atoms with Crippen LogP contribution < -0.4 is 0 Å². The smallest absolute Gasteiger partial charge is 0.109 e. The molecule has 0 saturated carbocycles. The quantitative estimate of drug-likeness (QED) is 0.679. The number of benzene rings is 1. The van der Waals surface area contributed by atoms with Gasteiger partial charge in [0.25, 0.3) is 0 Å². The van der Waals surface area contributed by atoms with E-state index >= 15 is 0 Å². The molecule has 0 atom stereocenters. The van der Waals surface area contributed by atoms with Gasteiger partial charge in [-0.1, -0.05) is 23.7 Å². The summed E-state index contributed by atoms with van der Waals surface area (Å²) in [6, 6.07) is 7.66. The molecular weight excluding hydrogens is 190 g/mol. The van der Waals surface area contributed by atoms with Crippen molar-refractivity contribution in [3.63, 3.8) is 0 Å². The van der Waals surface area contributed by atoms with Crippen molar-refractivity contribution < 1.29 is 0 Å². The lowest BCUT2D eigenvalue weighted by Gasteiger charge is -1.94. The predicted molar refractivity (Wildman–Crippen MR) is 51.4 cm³/mol. The maximum atomic E-state index is 5.75. The van der Waals surface area contributed by atoms with Gasteiger partial charge >= 0.3 is 0 Å². The molecule has 1 radical (unpaired) electrons. The molecule has 0 saturated heterocycles. The Labute approximate surface area is 79.7 Å². The van der Waals surface area contributed by atoms with Gasteiger partial charge in [-0.3, -0.25) is 0 Å². The van der Waals surface area contributed by atoms with Gasteiger partial charge in [-0.25, -0.2) is 4.98 Å². The second-order valence-electron chi connectivity index (χ2n) is 2.30. The van der Waals surface area contributed by atoms with Gasteiger partial charge in [0.2, 0.25) is 0 Å². The van der Waals surface area contributed by atoms with E-state index in [9.17, 15) is 0 Å². The number of thiazole rings is 1. The highest BCUT2D eigenvalue weighted by atomic mass is 35.5. The lowest BCUT2D eigenvalue weighted by atomic mass is 10.2. The molecule has 0 aliphatic rings. The van der Waals surface area contributed by atoms with Crippen LogP contribution in [0.2, 0.25) is 5.02 Å². The van der Waals surface area contributed by atoms with Crippen LogP contribution in [0.3, 0.4) is 0 Å². The van der Waals surface area contributed by atoms with Crippen molar-refractivity contribution >= 4 is 22.9 Å². The minimum atomic E-state index is 0.753. The number of rotatable bonds is 1. The molecule has 59 valence electrons. The minimum Gasteiger partial charge on any atom is -0.242 e. The first-order valence-electron chi connectivity index (χ1n) is 3.43. The van der Waals surface area contributed by atoms with Gasteiger partial charge in [-0.15, -0.1) is 11.3 Å². The highest BCUT2D eigenvalue weighted by Gasteiger charge is 1.98. The number of hydrogen-bond donors (Lipinski definition) is 0. The van der Waals surface area contributed by atoms with Crippen LogP contribution in [0.15, 0.2) is 29.8 Å². The fraction of sp³-hybridized carbons (Fsp3) is 0. The van der Waals surface area contributed by atoms with Gasteiger partial charge in [0, 0.05) is 5.02 Å². The van der Waals surface area contributed by atoms with Crippen LogP contribution in [0.4, 0.5) is 0 Å². The van der Waals surface area contributed by atoms with Gasteiger partial charge in [0.15, 0.2) is 0 Å². The Kier molecular flexibility index (Phi) is 2.11. The van der Waals surface area contributed by atoms with E-state index in [4.69, 9.17) is 11.6 Å². The van der Waals surface area contributed by atoms with E-state index in [2.05, 4.69) is 11.2 Å². The molecule has 2 rings (SSSR count). The lowest BCUT2D eigenvalue weighted by Crippen LogP contribution is -1.70. The van der Waals surface area contributed by atoms with Crippen LogP contribution >= 0.6 is 22.9 Å². The Morgan fingerprint density at radius 3 is 2.58 bits per heavy atom. The van der Waals surface area contributed by atoms with Gasteiger partial charge in [-0.2, -0.15) is 0 Å². The van der Waals surface area contributed by atoms with Crippen molar-refractivity contribution in [3.05, 3.63) is 41.0 Å². The Morgan fingerprint density at radius 1 is 1.25 bits per heavy atom. The lowest BCUT2D eigenvalue weighted by molar-refractivity contribution is 1.40. The molecule has 0 fully saturated rings. The van der Waals surface area contributed by atoms with E-state index in [0.29, 0.717) is 0 Å². The highest BCUT2D eigenvalue weighted by Crippen LogP contribution is 2.23. The fourth-order valence-electron chi connectivity index (χ4n) is 0.924. The van der Waals surface area contributed by atoms with Crippen molar-refractivity contribution in [2.45, 2.75) is 0 Å². The Bertz CT molecular complexity index is 353. The molecule has 3 heteroatoms. The predicted octanol–water partition coefficient (Wildman–Crippen LogP) is 3.26. The average Bonchev–Trinajstić information content (AvgIpc) is 2.58. The largest absolute Gasteiger partial charge is 0.242 e. The normalized spacial score (nSPS) is 10.1. The Hall–Kier alpha value is -0.860. The van der Waals surface area contributed by atoms with Crippen LogP contribution in [0, 0.1) is 6.20 Å². The first-order chi connectivity index (χ1) is 5.86. The van der Waals surface area contributed by atoms with Gasteiger partial charge in [0.05, 0.1) is 10.4 Å². The highest BCUT2D eigenvalue weighted by molar-refractivity contribution is 7.13. The summed E-state index contributed by atoms with van der Waals surface area (Å²) in [5, 5.41) is 0.753. The first kappa shape index (κ1) is 7.77. The van der Waals surface area contributed by atoms with Gasteiger partial charge in [0.1, 0.15) is 6.20 Å². The Balaban J connectivity index is 2.43. The summed E-state index contributed by atoms with van der Waals surface area (Å²) >= 11 is 7.32. The van der Waals surface area contributed by atoms with Crippen LogP contribution in [0.1, 0.15) is 0 Å². The number of aromatic nitrogens is 1. The van der Waals surface area contributed by atoms with Crippen molar-refractivity contribution in [2.75, 3.05) is 0 Å². The van der Waals surface area contributed by atoms with E-state index in [1.807, 2.05) is 24.3 Å². The minimum absolute atomic E-state index is 0.753. The second kappa shape index (κ2) is 3.25. The molecule has 0 bridgehead atoms. The zero-order valence-electron chi connectivity index (χ0n) is 6.12. The summed E-state index contributed by atoms with van der Waals surface area (Å²) in [6.45, 7) is 0. The second-order valence-corrected chi connectivity index (χ2v) is 3.59. The summed E-state index contributed by atoms with van der Waals surface area (Å²) < 4.78 is 0. The van der Waals surface area contributed by atoms with E-state index in [-0.39, 0.29) is 0 Å². The monoisotopic (exact) mass is 194 g/mol. The summed E-state index contributed by atoms with van der Waals surface area (Å²) in [5.74, 6) is 0. The standard InChI is InChI=1S/C9H5ClNS/c10-8-3-1-7(2-4-8)9-5-11-6-12-9/h1-4,6H. The SMILES string of the molecule is Clc1ccc(-c2[c]ncs2)cc1. The van der Waals surface area contributed by atoms with E-state index in [1.54, 1.807) is 16.8 Å². The van der Waals surface area contributed by atoms with E-state index in [1.165, 1.54) is 0 Å². The molecule has 0 N–H and O–H groups in total. The van der Waals surface area contributed by atoms with Crippen LogP contribution in [0.25, 0.3) is 10.4 Å². The van der Waals surface area contributed by atoms with Crippen molar-refractivity contribution in [3.8, 4) is 10.4 Å². The molecule has 0 aliphatic carbocycles. The summed E-state index contributed by atoms with van der Waals surface area (Å²) in [6.07, 6.45) is 2.90. The van der Waals surface area contributed by atoms with Crippen molar-refractivity contribution in [1.82, 2.24) is 4.98 Å². The molecule has 1 heterocycles.